The Morgan fingerprint density at radius 1 is 1.18 bits per heavy atom. The number of carbonyl (C=O) groups is 3. The zero-order chi connectivity index (χ0) is 32.1. The number of aromatic nitrogens is 2. The van der Waals surface area contributed by atoms with Crippen LogP contribution in [-0.2, 0) is 33.3 Å². The highest BCUT2D eigenvalue weighted by Crippen LogP contribution is 2.34. The van der Waals surface area contributed by atoms with Crippen molar-refractivity contribution in [2.45, 2.75) is 101 Å². The molecular weight excluding hydrogens is 586 g/mol. The summed E-state index contributed by atoms with van der Waals surface area (Å²) in [5.41, 5.74) is -1.57. The summed E-state index contributed by atoms with van der Waals surface area (Å²) in [6.45, 7) is 3.86. The van der Waals surface area contributed by atoms with Crippen molar-refractivity contribution in [1.29, 1.82) is 0 Å². The maximum Gasteiger partial charge on any atom is 0.330 e. The zero-order valence-electron chi connectivity index (χ0n) is 24.5. The van der Waals surface area contributed by atoms with Crippen LogP contribution in [0.1, 0.15) is 45.8 Å². The van der Waals surface area contributed by atoms with Gasteiger partial charge in [-0.15, -0.1) is 0 Å². The molecule has 10 unspecified atom stereocenters. The summed E-state index contributed by atoms with van der Waals surface area (Å²) in [6.07, 6.45) is -8.18. The van der Waals surface area contributed by atoms with Crippen molar-refractivity contribution in [2.24, 2.45) is 0 Å². The van der Waals surface area contributed by atoms with Gasteiger partial charge in [0.2, 0.25) is 12.2 Å². The van der Waals surface area contributed by atoms with E-state index in [-0.39, 0.29) is 18.5 Å². The highest BCUT2D eigenvalue weighted by Gasteiger charge is 2.53. The summed E-state index contributed by atoms with van der Waals surface area (Å²) < 4.78 is 23.7. The number of H-pyrrole nitrogens is 1. The molecule has 44 heavy (non-hydrogen) atoms. The van der Waals surface area contributed by atoms with E-state index in [4.69, 9.17) is 18.9 Å². The molecule has 0 radical (unpaired) electrons. The molecule has 4 rings (SSSR count). The van der Waals surface area contributed by atoms with Crippen LogP contribution >= 0.6 is 0 Å². The molecule has 0 spiro atoms. The Labute approximate surface area is 251 Å². The van der Waals surface area contributed by atoms with E-state index >= 15 is 0 Å². The van der Waals surface area contributed by atoms with Gasteiger partial charge in [0.1, 0.15) is 36.6 Å². The SMILES string of the molecule is CCCNC(=O)C(OC1OC(C(=O)NC2CCCC(C)NC2=O)=CC(O)C1O)C1OC(n2ccc(=O)[nH]c2=O)C(O)C1OC. The summed E-state index contributed by atoms with van der Waals surface area (Å²) in [5, 5.41) is 40.2. The Morgan fingerprint density at radius 2 is 1.93 bits per heavy atom. The Kier molecular flexibility index (Phi) is 10.9. The molecule has 17 nitrogen and oxygen atoms in total. The third-order valence-electron chi connectivity index (χ3n) is 7.59. The average Bonchev–Trinajstić information content (AvgIpc) is 3.21. The maximum absolute atomic E-state index is 13.3. The molecule has 0 aliphatic carbocycles. The number of hydrogen-bond acceptors (Lipinski definition) is 12. The van der Waals surface area contributed by atoms with Crippen LogP contribution in [-0.4, -0.2) is 111 Å². The number of rotatable bonds is 10. The standard InChI is InChI=1S/C27H39N5O12/c1-4-9-28-24(39)21(20-19(41-3)18(36)25(43-20)32-10-8-16(34)31-27(32)40)44-26-17(35)14(33)11-15(42-26)23(38)30-13-7-5-6-12(2)29-22(13)37/h8,10-14,17-21,25-26,33,35-36H,4-7,9H2,1-3H3,(H,28,39)(H,29,37)(H,30,38)(H,31,34,40). The van der Waals surface area contributed by atoms with Crippen molar-refractivity contribution >= 4 is 17.7 Å². The lowest BCUT2D eigenvalue weighted by Crippen LogP contribution is -2.55. The second-order valence-corrected chi connectivity index (χ2v) is 10.9. The number of aromatic amines is 1. The highest BCUT2D eigenvalue weighted by molar-refractivity contribution is 5.95. The summed E-state index contributed by atoms with van der Waals surface area (Å²) in [5.74, 6) is -2.46. The number of hydrogen-bond donors (Lipinski definition) is 7. The minimum atomic E-state index is -1.80. The number of nitrogens with one attached hydrogen (secondary N) is 4. The monoisotopic (exact) mass is 625 g/mol. The molecule has 0 bridgehead atoms. The Morgan fingerprint density at radius 3 is 2.61 bits per heavy atom. The van der Waals surface area contributed by atoms with Crippen LogP contribution in [0.3, 0.4) is 0 Å². The molecule has 1 aromatic heterocycles. The molecule has 10 atom stereocenters. The second-order valence-electron chi connectivity index (χ2n) is 10.9. The first-order valence-corrected chi connectivity index (χ1v) is 14.4. The zero-order valence-corrected chi connectivity index (χ0v) is 24.5. The van der Waals surface area contributed by atoms with Gasteiger partial charge in [0.25, 0.3) is 17.4 Å². The van der Waals surface area contributed by atoms with Crippen molar-refractivity contribution in [1.82, 2.24) is 25.5 Å². The lowest BCUT2D eigenvalue weighted by Gasteiger charge is -2.35. The van der Waals surface area contributed by atoms with Crippen LogP contribution < -0.4 is 27.2 Å². The largest absolute Gasteiger partial charge is 0.456 e. The summed E-state index contributed by atoms with van der Waals surface area (Å²) in [4.78, 5) is 64.9. The van der Waals surface area contributed by atoms with Crippen molar-refractivity contribution in [2.75, 3.05) is 13.7 Å². The molecule has 0 saturated carbocycles. The fraction of sp³-hybridized carbons (Fsp3) is 0.667. The molecule has 244 valence electrons. The molecule has 2 fully saturated rings. The highest BCUT2D eigenvalue weighted by atomic mass is 16.7. The fourth-order valence-corrected chi connectivity index (χ4v) is 5.26. The minimum Gasteiger partial charge on any atom is -0.456 e. The van der Waals surface area contributed by atoms with Crippen LogP contribution in [0.4, 0.5) is 0 Å². The van der Waals surface area contributed by atoms with E-state index in [0.717, 1.165) is 29.3 Å². The van der Waals surface area contributed by atoms with Gasteiger partial charge in [-0.05, 0) is 38.7 Å². The number of aliphatic hydroxyl groups is 3. The van der Waals surface area contributed by atoms with Gasteiger partial charge in [0.15, 0.2) is 18.1 Å². The van der Waals surface area contributed by atoms with E-state index in [9.17, 15) is 39.3 Å². The van der Waals surface area contributed by atoms with Gasteiger partial charge in [-0.25, -0.2) is 4.79 Å². The van der Waals surface area contributed by atoms with Gasteiger partial charge in [-0.3, -0.25) is 28.7 Å². The van der Waals surface area contributed by atoms with Gasteiger partial charge in [0.05, 0.1) is 0 Å². The lowest BCUT2D eigenvalue weighted by molar-refractivity contribution is -0.242. The number of ether oxygens (including phenoxy) is 4. The number of carbonyl (C=O) groups excluding carboxylic acids is 3. The van der Waals surface area contributed by atoms with E-state index in [2.05, 4.69) is 20.9 Å². The summed E-state index contributed by atoms with van der Waals surface area (Å²) in [6, 6.07) is 0.118. The van der Waals surface area contributed by atoms with Crippen molar-refractivity contribution < 1.29 is 48.7 Å². The molecule has 3 amide bonds. The van der Waals surface area contributed by atoms with Crippen molar-refractivity contribution in [3.8, 4) is 0 Å². The summed E-state index contributed by atoms with van der Waals surface area (Å²) >= 11 is 0. The van der Waals surface area contributed by atoms with Gasteiger partial charge in [0, 0.05) is 32.0 Å². The maximum atomic E-state index is 13.3. The molecule has 3 aliphatic rings. The molecule has 4 heterocycles. The average molecular weight is 626 g/mol. The van der Waals surface area contributed by atoms with Crippen LogP contribution in [0.5, 0.6) is 0 Å². The molecular formula is C27H39N5O12. The van der Waals surface area contributed by atoms with Crippen LogP contribution in [0.2, 0.25) is 0 Å². The van der Waals surface area contributed by atoms with Crippen LogP contribution in [0.15, 0.2) is 33.7 Å². The van der Waals surface area contributed by atoms with Gasteiger partial charge in [-0.2, -0.15) is 0 Å². The topological polar surface area (TPSA) is 240 Å². The first-order chi connectivity index (χ1) is 20.9. The third-order valence-corrected chi connectivity index (χ3v) is 7.59. The van der Waals surface area contributed by atoms with E-state index in [0.29, 0.717) is 19.3 Å². The second kappa shape index (κ2) is 14.4. The lowest BCUT2D eigenvalue weighted by atomic mass is 10.0. The third kappa shape index (κ3) is 7.36. The number of methoxy groups -OCH3 is 1. The fourth-order valence-electron chi connectivity index (χ4n) is 5.26. The number of amides is 3. The van der Waals surface area contributed by atoms with E-state index < -0.39 is 84.0 Å². The van der Waals surface area contributed by atoms with Crippen molar-refractivity contribution in [3.63, 3.8) is 0 Å². The van der Waals surface area contributed by atoms with Gasteiger partial charge in [-0.1, -0.05) is 6.92 Å². The quantitative estimate of drug-likeness (QED) is 0.137. The minimum absolute atomic E-state index is 0.0604. The predicted molar refractivity (Wildman–Crippen MR) is 149 cm³/mol. The smallest absolute Gasteiger partial charge is 0.330 e. The normalized spacial score (nSPS) is 32.9. The van der Waals surface area contributed by atoms with Gasteiger partial charge >= 0.3 is 5.69 Å². The van der Waals surface area contributed by atoms with Crippen LogP contribution in [0.25, 0.3) is 0 Å². The first kappa shape index (κ1) is 33.3. The molecule has 1 aromatic rings. The first-order valence-electron chi connectivity index (χ1n) is 14.4. The van der Waals surface area contributed by atoms with E-state index in [1.807, 2.05) is 6.92 Å². The van der Waals surface area contributed by atoms with Crippen LogP contribution in [0, 0.1) is 0 Å². The van der Waals surface area contributed by atoms with Gasteiger partial charge < -0.3 is 50.2 Å². The van der Waals surface area contributed by atoms with Crippen molar-refractivity contribution in [3.05, 3.63) is 44.9 Å². The molecule has 17 heteroatoms. The molecule has 0 aromatic carbocycles. The molecule has 2 saturated heterocycles. The Bertz CT molecular complexity index is 1350. The van der Waals surface area contributed by atoms with E-state index in [1.165, 1.54) is 7.11 Å². The molecule has 7 N–H and O–H groups in total. The summed E-state index contributed by atoms with van der Waals surface area (Å²) in [7, 11) is 1.23. The number of nitrogens with zero attached hydrogens (tertiary/aromatic N) is 1. The number of aliphatic hydroxyl groups excluding tert-OH is 3. The Hall–Kier alpha value is -3.61. The predicted octanol–water partition coefficient (Wildman–Crippen LogP) is -3.14. The van der Waals surface area contributed by atoms with E-state index in [1.54, 1.807) is 6.92 Å². The molecule has 3 aliphatic heterocycles. The Balaban J connectivity index is 1.57.